The van der Waals surface area contributed by atoms with Gasteiger partial charge in [0.25, 0.3) is 0 Å². The molecule has 18 heavy (non-hydrogen) atoms. The van der Waals surface area contributed by atoms with Crippen LogP contribution in [0.3, 0.4) is 0 Å². The molecule has 0 spiro atoms. The lowest BCUT2D eigenvalue weighted by Crippen LogP contribution is -2.31. The zero-order valence-corrected chi connectivity index (χ0v) is 11.3. The van der Waals surface area contributed by atoms with Gasteiger partial charge in [-0.05, 0) is 31.1 Å². The van der Waals surface area contributed by atoms with E-state index in [2.05, 4.69) is 12.2 Å². The van der Waals surface area contributed by atoms with Gasteiger partial charge in [-0.2, -0.15) is 0 Å². The molecule has 0 atom stereocenters. The third-order valence-corrected chi connectivity index (χ3v) is 3.93. The molecule has 1 rings (SSSR count). The van der Waals surface area contributed by atoms with Crippen LogP contribution in [0.25, 0.3) is 0 Å². The average Bonchev–Trinajstić information content (AvgIpc) is 2.36. The van der Waals surface area contributed by atoms with E-state index in [1.165, 1.54) is 32.1 Å². The molecule has 2 N–H and O–H groups in total. The van der Waals surface area contributed by atoms with Crippen molar-refractivity contribution in [3.8, 4) is 0 Å². The molecule has 0 aliphatic heterocycles. The van der Waals surface area contributed by atoms with Gasteiger partial charge >= 0.3 is 5.97 Å². The lowest BCUT2D eigenvalue weighted by Gasteiger charge is -2.27. The number of carboxylic acid groups (broad SMARTS) is 1. The van der Waals surface area contributed by atoms with E-state index in [-0.39, 0.29) is 12.3 Å². The van der Waals surface area contributed by atoms with Gasteiger partial charge in [0.05, 0.1) is 0 Å². The van der Waals surface area contributed by atoms with Crippen LogP contribution in [0.5, 0.6) is 0 Å². The number of nitrogens with one attached hydrogen (secondary N) is 1. The minimum Gasteiger partial charge on any atom is -0.481 e. The maximum Gasteiger partial charge on any atom is 0.303 e. The highest BCUT2D eigenvalue weighted by atomic mass is 16.4. The van der Waals surface area contributed by atoms with Crippen LogP contribution in [0.4, 0.5) is 0 Å². The lowest BCUT2D eigenvalue weighted by atomic mass is 9.81. The molecule has 0 saturated heterocycles. The van der Waals surface area contributed by atoms with E-state index in [4.69, 9.17) is 5.11 Å². The van der Waals surface area contributed by atoms with Crippen LogP contribution in [-0.4, -0.2) is 23.5 Å². The van der Waals surface area contributed by atoms with Crippen LogP contribution in [-0.2, 0) is 9.59 Å². The Labute approximate surface area is 109 Å². The molecule has 4 nitrogen and oxygen atoms in total. The van der Waals surface area contributed by atoms with Gasteiger partial charge in [-0.15, -0.1) is 0 Å². The van der Waals surface area contributed by atoms with Crippen molar-refractivity contribution in [2.45, 2.75) is 58.3 Å². The Balaban J connectivity index is 2.06. The van der Waals surface area contributed by atoms with E-state index < -0.39 is 5.97 Å². The fourth-order valence-electron chi connectivity index (χ4n) is 2.59. The highest BCUT2D eigenvalue weighted by molar-refractivity contribution is 5.76. The van der Waals surface area contributed by atoms with Crippen molar-refractivity contribution in [3.05, 3.63) is 0 Å². The van der Waals surface area contributed by atoms with Crippen molar-refractivity contribution in [1.82, 2.24) is 5.32 Å². The second-order valence-electron chi connectivity index (χ2n) is 5.35. The number of amides is 1. The molecule has 0 bridgehead atoms. The molecule has 104 valence electrons. The van der Waals surface area contributed by atoms with Gasteiger partial charge in [0.15, 0.2) is 0 Å². The molecule has 0 unspecified atom stereocenters. The van der Waals surface area contributed by atoms with Gasteiger partial charge in [0.1, 0.15) is 0 Å². The zero-order chi connectivity index (χ0) is 13.4. The van der Waals surface area contributed by atoms with Crippen LogP contribution < -0.4 is 5.32 Å². The van der Waals surface area contributed by atoms with Crippen LogP contribution in [0, 0.1) is 11.8 Å². The molecule has 0 aromatic heterocycles. The smallest absolute Gasteiger partial charge is 0.303 e. The highest BCUT2D eigenvalue weighted by Gasteiger charge is 2.20. The fourth-order valence-corrected chi connectivity index (χ4v) is 2.59. The van der Waals surface area contributed by atoms with Crippen LogP contribution in [0.15, 0.2) is 0 Å². The number of aliphatic carboxylic acids is 1. The molecule has 0 heterocycles. The molecule has 0 aromatic rings. The Hall–Kier alpha value is -1.06. The first-order valence-electron chi connectivity index (χ1n) is 7.10. The van der Waals surface area contributed by atoms with Gasteiger partial charge in [0.2, 0.25) is 5.91 Å². The highest BCUT2D eigenvalue weighted by Crippen LogP contribution is 2.30. The van der Waals surface area contributed by atoms with E-state index in [9.17, 15) is 9.59 Å². The van der Waals surface area contributed by atoms with E-state index >= 15 is 0 Å². The first-order valence-corrected chi connectivity index (χ1v) is 7.10. The van der Waals surface area contributed by atoms with Crippen molar-refractivity contribution in [2.24, 2.45) is 11.8 Å². The summed E-state index contributed by atoms with van der Waals surface area (Å²) in [4.78, 5) is 21.8. The molecular weight excluding hydrogens is 230 g/mol. The number of hydrogen-bond acceptors (Lipinski definition) is 2. The summed E-state index contributed by atoms with van der Waals surface area (Å²) in [7, 11) is 0. The third kappa shape index (κ3) is 6.03. The van der Waals surface area contributed by atoms with Crippen molar-refractivity contribution < 1.29 is 14.7 Å². The number of carbonyl (C=O) groups excluding carboxylic acids is 1. The topological polar surface area (TPSA) is 66.4 Å². The summed E-state index contributed by atoms with van der Waals surface area (Å²) in [5.74, 6) is 0.665. The minimum absolute atomic E-state index is 0.00568. The Morgan fingerprint density at radius 3 is 2.28 bits per heavy atom. The maximum atomic E-state index is 11.5. The van der Waals surface area contributed by atoms with Crippen LogP contribution in [0.1, 0.15) is 58.3 Å². The standard InChI is InChI=1S/C14H25NO3/c1-2-11-6-8-12(9-7-11)10-15-13(16)4-3-5-14(17)18/h11-12H,2-10H2,1H3,(H,15,16)(H,17,18). The van der Waals surface area contributed by atoms with E-state index in [0.717, 1.165) is 12.5 Å². The lowest BCUT2D eigenvalue weighted by molar-refractivity contribution is -0.137. The van der Waals surface area contributed by atoms with Crippen LogP contribution >= 0.6 is 0 Å². The van der Waals surface area contributed by atoms with Gasteiger partial charge in [-0.3, -0.25) is 9.59 Å². The monoisotopic (exact) mass is 255 g/mol. The van der Waals surface area contributed by atoms with Crippen LogP contribution in [0.2, 0.25) is 0 Å². The van der Waals surface area contributed by atoms with E-state index in [1.807, 2.05) is 0 Å². The van der Waals surface area contributed by atoms with Crippen molar-refractivity contribution in [1.29, 1.82) is 0 Å². The summed E-state index contributed by atoms with van der Waals surface area (Å²) >= 11 is 0. The van der Waals surface area contributed by atoms with Crippen molar-refractivity contribution >= 4 is 11.9 Å². The Morgan fingerprint density at radius 1 is 1.11 bits per heavy atom. The minimum atomic E-state index is -0.833. The molecule has 1 aliphatic rings. The number of rotatable bonds is 7. The Kier molecular flexibility index (Phi) is 6.76. The summed E-state index contributed by atoms with van der Waals surface area (Å²) in [5.41, 5.74) is 0. The predicted octanol–water partition coefficient (Wildman–Crippen LogP) is 2.57. The summed E-state index contributed by atoms with van der Waals surface area (Å²) < 4.78 is 0. The second-order valence-corrected chi connectivity index (χ2v) is 5.35. The molecule has 1 amide bonds. The van der Waals surface area contributed by atoms with E-state index in [0.29, 0.717) is 18.8 Å². The predicted molar refractivity (Wildman–Crippen MR) is 70.2 cm³/mol. The van der Waals surface area contributed by atoms with Crippen molar-refractivity contribution in [2.75, 3.05) is 6.54 Å². The normalized spacial score (nSPS) is 23.6. The average molecular weight is 255 g/mol. The van der Waals surface area contributed by atoms with E-state index in [1.54, 1.807) is 0 Å². The molecule has 1 aliphatic carbocycles. The zero-order valence-electron chi connectivity index (χ0n) is 11.3. The van der Waals surface area contributed by atoms with Gasteiger partial charge in [0, 0.05) is 19.4 Å². The number of hydrogen-bond donors (Lipinski definition) is 2. The third-order valence-electron chi connectivity index (χ3n) is 3.93. The second kappa shape index (κ2) is 8.11. The molecule has 4 heteroatoms. The summed E-state index contributed by atoms with van der Waals surface area (Å²) in [6, 6.07) is 0. The summed E-state index contributed by atoms with van der Waals surface area (Å²) in [6.07, 6.45) is 7.12. The fraction of sp³-hybridized carbons (Fsp3) is 0.857. The SMILES string of the molecule is CCC1CCC(CNC(=O)CCCC(=O)O)CC1. The first kappa shape index (κ1) is 15.0. The summed E-state index contributed by atoms with van der Waals surface area (Å²) in [6.45, 7) is 3.01. The largest absolute Gasteiger partial charge is 0.481 e. The van der Waals surface area contributed by atoms with Gasteiger partial charge < -0.3 is 10.4 Å². The quantitative estimate of drug-likeness (QED) is 0.734. The summed E-state index contributed by atoms with van der Waals surface area (Å²) in [5, 5.41) is 11.4. The molecule has 0 aromatic carbocycles. The Bertz CT molecular complexity index is 270. The molecule has 0 radical (unpaired) electrons. The van der Waals surface area contributed by atoms with Gasteiger partial charge in [-0.1, -0.05) is 26.2 Å². The first-order chi connectivity index (χ1) is 8.61. The number of carboxylic acids is 1. The molecular formula is C14H25NO3. The molecule has 1 saturated carbocycles. The number of carbonyl (C=O) groups is 2. The maximum absolute atomic E-state index is 11.5. The van der Waals surface area contributed by atoms with Gasteiger partial charge in [-0.25, -0.2) is 0 Å². The van der Waals surface area contributed by atoms with Crippen molar-refractivity contribution in [3.63, 3.8) is 0 Å². The Morgan fingerprint density at radius 2 is 1.72 bits per heavy atom. The molecule has 1 fully saturated rings.